The molecule has 0 spiro atoms. The first-order valence-corrected chi connectivity index (χ1v) is 8.40. The van der Waals surface area contributed by atoms with Gasteiger partial charge in [0.15, 0.2) is 5.65 Å². The van der Waals surface area contributed by atoms with Crippen LogP contribution in [-0.4, -0.2) is 43.9 Å². The summed E-state index contributed by atoms with van der Waals surface area (Å²) in [5.74, 6) is -0.317. The molecule has 25 heavy (non-hydrogen) atoms. The number of hydrogen-bond acceptors (Lipinski definition) is 5. The molecule has 1 aliphatic rings. The Balaban J connectivity index is 1.66. The van der Waals surface area contributed by atoms with Crippen molar-refractivity contribution in [2.75, 3.05) is 18.0 Å². The number of carbonyl (C=O) groups is 1. The lowest BCUT2D eigenvalue weighted by molar-refractivity contribution is -0.141. The van der Waals surface area contributed by atoms with Crippen LogP contribution in [0, 0.1) is 5.92 Å². The maximum Gasteiger partial charge on any atom is 0.308 e. The predicted molar refractivity (Wildman–Crippen MR) is 93.4 cm³/mol. The standard InChI is InChI=1S/C18H19N5O2/c24-18(25)14-7-4-8-22(11-14)16-15-9-21-23(17(15)20-12-19-16)10-13-5-2-1-3-6-13/h1-3,5-6,9,12,14H,4,7-8,10-11H2,(H,24,25). The summed E-state index contributed by atoms with van der Waals surface area (Å²) < 4.78 is 1.86. The molecule has 2 aromatic heterocycles. The van der Waals surface area contributed by atoms with Crippen molar-refractivity contribution >= 4 is 22.8 Å². The molecule has 1 fully saturated rings. The van der Waals surface area contributed by atoms with Gasteiger partial charge in [-0.3, -0.25) is 4.79 Å². The van der Waals surface area contributed by atoms with Gasteiger partial charge in [-0.15, -0.1) is 0 Å². The highest BCUT2D eigenvalue weighted by atomic mass is 16.4. The summed E-state index contributed by atoms with van der Waals surface area (Å²) in [5, 5.41) is 14.6. The van der Waals surface area contributed by atoms with E-state index in [0.29, 0.717) is 19.5 Å². The first-order valence-electron chi connectivity index (χ1n) is 8.40. The zero-order valence-corrected chi connectivity index (χ0v) is 13.7. The molecule has 1 saturated heterocycles. The van der Waals surface area contributed by atoms with Crippen LogP contribution >= 0.6 is 0 Å². The molecule has 1 atom stereocenters. The smallest absolute Gasteiger partial charge is 0.308 e. The van der Waals surface area contributed by atoms with Gasteiger partial charge in [0.2, 0.25) is 0 Å². The topological polar surface area (TPSA) is 84.1 Å². The Labute approximate surface area is 144 Å². The number of benzene rings is 1. The van der Waals surface area contributed by atoms with E-state index >= 15 is 0 Å². The Morgan fingerprint density at radius 2 is 2.08 bits per heavy atom. The van der Waals surface area contributed by atoms with Crippen molar-refractivity contribution in [2.24, 2.45) is 5.92 Å². The van der Waals surface area contributed by atoms with Crippen LogP contribution in [0.2, 0.25) is 0 Å². The second kappa shape index (κ2) is 6.51. The van der Waals surface area contributed by atoms with E-state index in [0.717, 1.165) is 35.4 Å². The van der Waals surface area contributed by atoms with E-state index in [4.69, 9.17) is 0 Å². The van der Waals surface area contributed by atoms with Crippen molar-refractivity contribution in [2.45, 2.75) is 19.4 Å². The molecule has 1 aromatic carbocycles. The van der Waals surface area contributed by atoms with Crippen LogP contribution < -0.4 is 4.90 Å². The van der Waals surface area contributed by atoms with Gasteiger partial charge in [0.1, 0.15) is 12.1 Å². The molecule has 3 aromatic rings. The van der Waals surface area contributed by atoms with Crippen LogP contribution in [0.25, 0.3) is 11.0 Å². The number of rotatable bonds is 4. The minimum absolute atomic E-state index is 0.349. The molecule has 7 nitrogen and oxygen atoms in total. The lowest BCUT2D eigenvalue weighted by Crippen LogP contribution is -2.39. The van der Waals surface area contributed by atoms with Crippen molar-refractivity contribution < 1.29 is 9.90 Å². The number of fused-ring (bicyclic) bond motifs is 1. The zero-order valence-electron chi connectivity index (χ0n) is 13.7. The van der Waals surface area contributed by atoms with E-state index in [1.54, 1.807) is 6.20 Å². The third-order valence-electron chi connectivity index (χ3n) is 4.66. The van der Waals surface area contributed by atoms with E-state index in [1.165, 1.54) is 6.33 Å². The Bertz CT molecular complexity index is 893. The van der Waals surface area contributed by atoms with E-state index in [2.05, 4.69) is 27.2 Å². The largest absolute Gasteiger partial charge is 0.481 e. The molecule has 0 amide bonds. The fraction of sp³-hybridized carbons (Fsp3) is 0.333. The Hall–Kier alpha value is -2.96. The molecule has 4 rings (SSSR count). The van der Waals surface area contributed by atoms with Gasteiger partial charge in [0.05, 0.1) is 24.0 Å². The highest BCUT2D eigenvalue weighted by Crippen LogP contribution is 2.27. The maximum absolute atomic E-state index is 11.3. The van der Waals surface area contributed by atoms with Gasteiger partial charge in [0.25, 0.3) is 0 Å². The van der Waals surface area contributed by atoms with Crippen LogP contribution in [0.3, 0.4) is 0 Å². The summed E-state index contributed by atoms with van der Waals surface area (Å²) in [4.78, 5) is 22.2. The number of nitrogens with zero attached hydrogens (tertiary/aromatic N) is 5. The third kappa shape index (κ3) is 3.05. The van der Waals surface area contributed by atoms with Gasteiger partial charge in [-0.2, -0.15) is 5.10 Å². The first kappa shape index (κ1) is 15.6. The monoisotopic (exact) mass is 337 g/mol. The third-order valence-corrected chi connectivity index (χ3v) is 4.66. The van der Waals surface area contributed by atoms with E-state index in [1.807, 2.05) is 27.8 Å². The van der Waals surface area contributed by atoms with Crippen molar-refractivity contribution in [3.8, 4) is 0 Å². The van der Waals surface area contributed by atoms with E-state index in [-0.39, 0.29) is 5.92 Å². The van der Waals surface area contributed by atoms with Crippen molar-refractivity contribution in [3.05, 3.63) is 48.4 Å². The first-order chi connectivity index (χ1) is 12.2. The van der Waals surface area contributed by atoms with Crippen molar-refractivity contribution in [1.29, 1.82) is 0 Å². The van der Waals surface area contributed by atoms with Crippen LogP contribution in [-0.2, 0) is 11.3 Å². The molecule has 0 aliphatic carbocycles. The lowest BCUT2D eigenvalue weighted by atomic mass is 9.98. The summed E-state index contributed by atoms with van der Waals surface area (Å²) in [5.41, 5.74) is 1.92. The Morgan fingerprint density at radius 1 is 1.24 bits per heavy atom. The van der Waals surface area contributed by atoms with Crippen LogP contribution in [0.1, 0.15) is 18.4 Å². The summed E-state index contributed by atoms with van der Waals surface area (Å²) in [6.45, 7) is 1.92. The average Bonchev–Trinajstić information content (AvgIpc) is 3.06. The van der Waals surface area contributed by atoms with Gasteiger partial charge in [0, 0.05) is 13.1 Å². The molecule has 1 aliphatic heterocycles. The highest BCUT2D eigenvalue weighted by Gasteiger charge is 2.27. The van der Waals surface area contributed by atoms with Gasteiger partial charge >= 0.3 is 5.97 Å². The average molecular weight is 337 g/mol. The summed E-state index contributed by atoms with van der Waals surface area (Å²) in [7, 11) is 0. The SMILES string of the molecule is O=C(O)C1CCCN(c2ncnc3c2cnn3Cc2ccccc2)C1. The van der Waals surface area contributed by atoms with Gasteiger partial charge in [-0.1, -0.05) is 30.3 Å². The normalized spacial score (nSPS) is 17.8. The van der Waals surface area contributed by atoms with Crippen LogP contribution in [0.5, 0.6) is 0 Å². The van der Waals surface area contributed by atoms with Crippen molar-refractivity contribution in [1.82, 2.24) is 19.7 Å². The van der Waals surface area contributed by atoms with Gasteiger partial charge in [-0.05, 0) is 18.4 Å². The van der Waals surface area contributed by atoms with Gasteiger partial charge in [-0.25, -0.2) is 14.6 Å². The Morgan fingerprint density at radius 3 is 2.88 bits per heavy atom. The molecule has 128 valence electrons. The molecule has 7 heteroatoms. The molecule has 1 unspecified atom stereocenters. The van der Waals surface area contributed by atoms with Crippen LogP contribution in [0.15, 0.2) is 42.9 Å². The minimum Gasteiger partial charge on any atom is -0.481 e. The fourth-order valence-corrected chi connectivity index (χ4v) is 3.38. The maximum atomic E-state index is 11.3. The summed E-state index contributed by atoms with van der Waals surface area (Å²) in [6, 6.07) is 10.1. The quantitative estimate of drug-likeness (QED) is 0.785. The Kier molecular flexibility index (Phi) is 4.05. The molecule has 0 bridgehead atoms. The molecular weight excluding hydrogens is 318 g/mol. The highest BCUT2D eigenvalue weighted by molar-refractivity contribution is 5.87. The summed E-state index contributed by atoms with van der Waals surface area (Å²) >= 11 is 0. The second-order valence-electron chi connectivity index (χ2n) is 6.35. The number of piperidine rings is 1. The number of carboxylic acids is 1. The number of aromatic nitrogens is 4. The zero-order chi connectivity index (χ0) is 17.2. The number of carboxylic acid groups (broad SMARTS) is 1. The lowest BCUT2D eigenvalue weighted by Gasteiger charge is -2.31. The van der Waals surface area contributed by atoms with E-state index in [9.17, 15) is 9.90 Å². The molecule has 3 heterocycles. The predicted octanol–water partition coefficient (Wildman–Crippen LogP) is 2.18. The molecule has 0 radical (unpaired) electrons. The van der Waals surface area contributed by atoms with Crippen LogP contribution in [0.4, 0.5) is 5.82 Å². The van der Waals surface area contributed by atoms with E-state index < -0.39 is 5.97 Å². The number of hydrogen-bond donors (Lipinski definition) is 1. The molecular formula is C18H19N5O2. The van der Waals surface area contributed by atoms with Gasteiger partial charge < -0.3 is 10.0 Å². The summed E-state index contributed by atoms with van der Waals surface area (Å²) in [6.07, 6.45) is 4.87. The molecule has 0 saturated carbocycles. The molecule has 1 N–H and O–H groups in total. The second-order valence-corrected chi connectivity index (χ2v) is 6.35. The fourth-order valence-electron chi connectivity index (χ4n) is 3.38. The number of anilines is 1. The minimum atomic E-state index is -0.741. The number of aliphatic carboxylic acids is 1. The van der Waals surface area contributed by atoms with Crippen molar-refractivity contribution in [3.63, 3.8) is 0 Å².